The molecule has 6 nitrogen and oxygen atoms in total. The fraction of sp³-hybridized carbons (Fsp3) is 0.571. The predicted molar refractivity (Wildman–Crippen MR) is 47.8 cm³/mol. The normalized spacial score (nSPS) is 18.9. The minimum Gasteiger partial charge on any atom is -0.332 e. The zero-order valence-corrected chi connectivity index (χ0v) is 8.54. The molecule has 1 aliphatic rings. The van der Waals surface area contributed by atoms with Gasteiger partial charge in [0.25, 0.3) is 10.0 Å². The van der Waals surface area contributed by atoms with Crippen LogP contribution in [0.25, 0.3) is 0 Å². The van der Waals surface area contributed by atoms with E-state index in [4.69, 9.17) is 4.84 Å². The van der Waals surface area contributed by atoms with Crippen LogP contribution in [0.15, 0.2) is 11.2 Å². The maximum atomic E-state index is 11.8. The Labute approximate surface area is 81.9 Å². The van der Waals surface area contributed by atoms with Crippen molar-refractivity contribution in [2.45, 2.75) is 18.4 Å². The summed E-state index contributed by atoms with van der Waals surface area (Å²) in [6.07, 6.45) is 2.03. The first-order valence-corrected chi connectivity index (χ1v) is 5.72. The van der Waals surface area contributed by atoms with Crippen molar-refractivity contribution >= 4 is 10.0 Å². The van der Waals surface area contributed by atoms with Gasteiger partial charge in [-0.15, -0.1) is 0 Å². The molecule has 2 rings (SSSR count). The Morgan fingerprint density at radius 2 is 2.43 bits per heavy atom. The lowest BCUT2D eigenvalue weighted by Gasteiger charge is -2.11. The number of hydroxylamine groups is 1. The molecule has 2 heterocycles. The number of sulfonamides is 1. The molecule has 1 aliphatic heterocycles. The number of rotatable bonds is 2. The van der Waals surface area contributed by atoms with Gasteiger partial charge in [0.1, 0.15) is 5.82 Å². The largest absolute Gasteiger partial charge is 0.332 e. The number of nitrogens with one attached hydrogen (secondary N) is 1. The maximum Gasteiger partial charge on any atom is 0.282 e. The molecule has 0 bridgehead atoms. The van der Waals surface area contributed by atoms with Gasteiger partial charge < -0.3 is 4.98 Å². The lowest BCUT2D eigenvalue weighted by Crippen LogP contribution is -2.27. The Bertz CT molecular complexity index is 419. The van der Waals surface area contributed by atoms with E-state index in [2.05, 4.69) is 9.97 Å². The second-order valence-corrected chi connectivity index (χ2v) is 4.85. The van der Waals surface area contributed by atoms with E-state index in [0.29, 0.717) is 19.0 Å². The highest BCUT2D eigenvalue weighted by Gasteiger charge is 2.29. The van der Waals surface area contributed by atoms with Gasteiger partial charge in [-0.25, -0.2) is 13.4 Å². The summed E-state index contributed by atoms with van der Waals surface area (Å²) in [7, 11) is -3.52. The quantitative estimate of drug-likeness (QED) is 0.759. The van der Waals surface area contributed by atoms with Gasteiger partial charge in [0.2, 0.25) is 0 Å². The van der Waals surface area contributed by atoms with Crippen LogP contribution in [0.3, 0.4) is 0 Å². The molecule has 0 spiro atoms. The summed E-state index contributed by atoms with van der Waals surface area (Å²) in [6, 6.07) is 0. The molecule has 0 atom stereocenters. The van der Waals surface area contributed by atoms with Crippen molar-refractivity contribution in [2.75, 3.05) is 13.2 Å². The van der Waals surface area contributed by atoms with Crippen LogP contribution in [-0.2, 0) is 14.9 Å². The Kier molecular flexibility index (Phi) is 2.30. The third-order valence-corrected chi connectivity index (χ3v) is 3.53. The molecule has 1 N–H and O–H groups in total. The van der Waals surface area contributed by atoms with Crippen molar-refractivity contribution in [3.05, 3.63) is 12.0 Å². The molecule has 1 saturated heterocycles. The standard InChI is InChI=1S/C7H11N3O3S/c1-6-8-5-7(9-6)14(11,12)10-3-2-4-13-10/h5H,2-4H2,1H3,(H,8,9). The summed E-state index contributed by atoms with van der Waals surface area (Å²) in [5, 5.41) is 0.0805. The van der Waals surface area contributed by atoms with Crippen molar-refractivity contribution in [2.24, 2.45) is 0 Å². The van der Waals surface area contributed by atoms with Gasteiger partial charge >= 0.3 is 0 Å². The summed E-state index contributed by atoms with van der Waals surface area (Å²) >= 11 is 0. The molecule has 0 unspecified atom stereocenters. The molecular formula is C7H11N3O3S. The molecule has 14 heavy (non-hydrogen) atoms. The van der Waals surface area contributed by atoms with E-state index in [0.717, 1.165) is 10.9 Å². The topological polar surface area (TPSA) is 75.3 Å². The highest BCUT2D eigenvalue weighted by molar-refractivity contribution is 7.88. The highest BCUT2D eigenvalue weighted by atomic mass is 32.2. The first-order chi connectivity index (χ1) is 6.60. The molecule has 0 aromatic carbocycles. The fourth-order valence-corrected chi connectivity index (χ4v) is 2.52. The van der Waals surface area contributed by atoms with Crippen LogP contribution < -0.4 is 0 Å². The molecular weight excluding hydrogens is 206 g/mol. The van der Waals surface area contributed by atoms with Gasteiger partial charge in [-0.05, 0) is 13.3 Å². The third kappa shape index (κ3) is 1.54. The zero-order valence-electron chi connectivity index (χ0n) is 7.73. The second-order valence-electron chi connectivity index (χ2n) is 3.05. The van der Waals surface area contributed by atoms with E-state index in [1.54, 1.807) is 6.92 Å². The molecule has 1 aromatic heterocycles. The molecule has 0 amide bonds. The van der Waals surface area contributed by atoms with Gasteiger partial charge in [0.15, 0.2) is 5.03 Å². The van der Waals surface area contributed by atoms with Crippen LogP contribution in [0.1, 0.15) is 12.2 Å². The number of aromatic nitrogens is 2. The first kappa shape index (κ1) is 9.63. The average molecular weight is 217 g/mol. The average Bonchev–Trinajstić information content (AvgIpc) is 2.72. The summed E-state index contributed by atoms with van der Waals surface area (Å²) in [6.45, 7) is 2.55. The number of hydrogen-bond donors (Lipinski definition) is 1. The number of imidazole rings is 1. The minimum atomic E-state index is -3.52. The van der Waals surface area contributed by atoms with E-state index in [1.165, 1.54) is 6.20 Å². The third-order valence-electron chi connectivity index (χ3n) is 1.95. The van der Waals surface area contributed by atoms with E-state index < -0.39 is 10.0 Å². The zero-order chi connectivity index (χ0) is 10.2. The first-order valence-electron chi connectivity index (χ1n) is 4.28. The lowest BCUT2D eigenvalue weighted by molar-refractivity contribution is -0.0286. The van der Waals surface area contributed by atoms with Crippen molar-refractivity contribution in [3.63, 3.8) is 0 Å². The molecule has 1 fully saturated rings. The van der Waals surface area contributed by atoms with Gasteiger partial charge in [-0.3, -0.25) is 4.84 Å². The fourth-order valence-electron chi connectivity index (χ4n) is 1.25. The van der Waals surface area contributed by atoms with Crippen molar-refractivity contribution < 1.29 is 13.3 Å². The summed E-state index contributed by atoms with van der Waals surface area (Å²) in [5.41, 5.74) is 0. The van der Waals surface area contributed by atoms with Crippen LogP contribution in [0.2, 0.25) is 0 Å². The number of aryl methyl sites for hydroxylation is 1. The lowest BCUT2D eigenvalue weighted by atomic mass is 10.5. The molecule has 1 aromatic rings. The molecule has 7 heteroatoms. The van der Waals surface area contributed by atoms with Gasteiger partial charge in [0.05, 0.1) is 12.8 Å². The smallest absolute Gasteiger partial charge is 0.282 e. The van der Waals surface area contributed by atoms with E-state index in [1.807, 2.05) is 0 Å². The van der Waals surface area contributed by atoms with Crippen molar-refractivity contribution in [1.82, 2.24) is 14.4 Å². The predicted octanol–water partition coefficient (Wildman–Crippen LogP) is 0.0441. The summed E-state index contributed by atoms with van der Waals surface area (Å²) in [4.78, 5) is 11.5. The van der Waals surface area contributed by atoms with Crippen LogP contribution in [-0.4, -0.2) is 36.0 Å². The summed E-state index contributed by atoms with van der Waals surface area (Å²) < 4.78 is 24.6. The SMILES string of the molecule is Cc1ncc(S(=O)(=O)N2CCCO2)[nH]1. The molecule has 0 radical (unpaired) electrons. The van der Waals surface area contributed by atoms with Crippen LogP contribution in [0.4, 0.5) is 0 Å². The highest BCUT2D eigenvalue weighted by Crippen LogP contribution is 2.17. The Morgan fingerprint density at radius 1 is 1.64 bits per heavy atom. The molecule has 78 valence electrons. The van der Waals surface area contributed by atoms with Gasteiger partial charge in [-0.1, -0.05) is 4.47 Å². The van der Waals surface area contributed by atoms with E-state index in [-0.39, 0.29) is 5.03 Å². The van der Waals surface area contributed by atoms with Gasteiger partial charge in [-0.2, -0.15) is 0 Å². The molecule has 0 aliphatic carbocycles. The monoisotopic (exact) mass is 217 g/mol. The number of hydrogen-bond acceptors (Lipinski definition) is 4. The van der Waals surface area contributed by atoms with Crippen LogP contribution in [0, 0.1) is 6.92 Å². The van der Waals surface area contributed by atoms with Crippen LogP contribution >= 0.6 is 0 Å². The van der Waals surface area contributed by atoms with E-state index >= 15 is 0 Å². The molecule has 0 saturated carbocycles. The van der Waals surface area contributed by atoms with Gasteiger partial charge in [0, 0.05) is 6.54 Å². The second kappa shape index (κ2) is 3.34. The maximum absolute atomic E-state index is 11.8. The Morgan fingerprint density at radius 3 is 2.93 bits per heavy atom. The number of aromatic amines is 1. The summed E-state index contributed by atoms with van der Waals surface area (Å²) in [5.74, 6) is 0.572. The van der Waals surface area contributed by atoms with Crippen LogP contribution in [0.5, 0.6) is 0 Å². The van der Waals surface area contributed by atoms with Crippen molar-refractivity contribution in [3.8, 4) is 0 Å². The number of nitrogens with zero attached hydrogens (tertiary/aromatic N) is 2. The number of H-pyrrole nitrogens is 1. The Balaban J connectivity index is 2.32. The van der Waals surface area contributed by atoms with Crippen molar-refractivity contribution in [1.29, 1.82) is 0 Å². The minimum absolute atomic E-state index is 0.0805. The van der Waals surface area contributed by atoms with E-state index in [9.17, 15) is 8.42 Å². The Hall–Kier alpha value is -0.920.